The van der Waals surface area contributed by atoms with Gasteiger partial charge in [-0.05, 0) is 30.1 Å². The molecule has 0 unspecified atom stereocenters. The number of ether oxygens (including phenoxy) is 1. The van der Waals surface area contributed by atoms with E-state index in [0.717, 1.165) is 5.56 Å². The van der Waals surface area contributed by atoms with Crippen molar-refractivity contribution in [1.29, 1.82) is 0 Å². The third kappa shape index (κ3) is 5.71. The minimum Gasteiger partial charge on any atom is -0.447 e. The number of hydrogen-bond acceptors (Lipinski definition) is 5. The van der Waals surface area contributed by atoms with Crippen LogP contribution in [0.2, 0.25) is 18.1 Å². The fraction of sp³-hybridized carbons (Fsp3) is 0.652. The van der Waals surface area contributed by atoms with E-state index < -0.39 is 32.3 Å². The van der Waals surface area contributed by atoms with Crippen molar-refractivity contribution >= 4 is 20.3 Å². The largest absolute Gasteiger partial charge is 0.447 e. The summed E-state index contributed by atoms with van der Waals surface area (Å²) in [5.41, 5.74) is 1.03. The summed E-state index contributed by atoms with van der Waals surface area (Å²) in [7, 11) is -1.95. The molecule has 0 bridgehead atoms. The molecule has 4 atom stereocenters. The van der Waals surface area contributed by atoms with Gasteiger partial charge in [0, 0.05) is 12.5 Å². The van der Waals surface area contributed by atoms with E-state index in [9.17, 15) is 14.7 Å². The van der Waals surface area contributed by atoms with Crippen molar-refractivity contribution < 1.29 is 23.9 Å². The Morgan fingerprint density at radius 2 is 1.87 bits per heavy atom. The van der Waals surface area contributed by atoms with E-state index >= 15 is 0 Å². The second kappa shape index (κ2) is 9.62. The summed E-state index contributed by atoms with van der Waals surface area (Å²) in [4.78, 5) is 26.5. The maximum absolute atomic E-state index is 13.1. The third-order valence-corrected chi connectivity index (χ3v) is 11.0. The van der Waals surface area contributed by atoms with Crippen molar-refractivity contribution in [1.82, 2.24) is 4.90 Å². The molecule has 0 aliphatic carbocycles. The number of rotatable bonds is 8. The maximum atomic E-state index is 13.1. The predicted molar refractivity (Wildman–Crippen MR) is 120 cm³/mol. The molecule has 2 rings (SSSR count). The molecule has 30 heavy (non-hydrogen) atoms. The molecule has 1 fully saturated rings. The van der Waals surface area contributed by atoms with Crippen LogP contribution in [0.3, 0.4) is 0 Å². The van der Waals surface area contributed by atoms with Crippen molar-refractivity contribution in [3.63, 3.8) is 0 Å². The Labute approximate surface area is 181 Å². The van der Waals surface area contributed by atoms with Gasteiger partial charge >= 0.3 is 6.09 Å². The second-order valence-corrected chi connectivity index (χ2v) is 14.8. The number of aliphatic hydroxyl groups is 1. The van der Waals surface area contributed by atoms with Gasteiger partial charge in [-0.1, -0.05) is 65.0 Å². The van der Waals surface area contributed by atoms with Gasteiger partial charge in [-0.25, -0.2) is 9.69 Å². The number of hydrogen-bond donors (Lipinski definition) is 1. The van der Waals surface area contributed by atoms with Gasteiger partial charge in [-0.3, -0.25) is 4.79 Å². The average molecular weight is 436 g/mol. The van der Waals surface area contributed by atoms with Gasteiger partial charge in [-0.2, -0.15) is 0 Å². The minimum atomic E-state index is -1.95. The number of amides is 2. The number of imide groups is 1. The molecule has 1 aliphatic rings. The first kappa shape index (κ1) is 24.6. The third-order valence-electron chi connectivity index (χ3n) is 6.51. The summed E-state index contributed by atoms with van der Waals surface area (Å²) < 4.78 is 11.4. The minimum absolute atomic E-state index is 0.0725. The molecule has 0 saturated carbocycles. The highest BCUT2D eigenvalue weighted by atomic mass is 28.4. The monoisotopic (exact) mass is 435 g/mol. The standard InChI is InChI=1S/C23H37NO5Si/c1-16(14-29-30(6,7)23(3,4)5)20(25)17(2)21(26)24-19(15-28-22(24)27)13-18-11-9-8-10-12-18/h8-12,16-17,19-20,25H,13-15H2,1-7H3/t16-,17+,19+,20+/m0/s1. The fourth-order valence-corrected chi connectivity index (χ4v) is 4.39. The molecule has 1 N–H and O–H groups in total. The predicted octanol–water partition coefficient (Wildman–Crippen LogP) is 4.23. The quantitative estimate of drug-likeness (QED) is 0.618. The highest BCUT2D eigenvalue weighted by Crippen LogP contribution is 2.37. The molecule has 1 heterocycles. The summed E-state index contributed by atoms with van der Waals surface area (Å²) in [6.45, 7) is 14.9. The summed E-state index contributed by atoms with van der Waals surface area (Å²) in [6, 6.07) is 9.34. The van der Waals surface area contributed by atoms with Crippen molar-refractivity contribution in [2.45, 2.75) is 71.3 Å². The summed E-state index contributed by atoms with van der Waals surface area (Å²) in [5, 5.41) is 10.9. The van der Waals surface area contributed by atoms with Gasteiger partial charge < -0.3 is 14.3 Å². The molecule has 1 aromatic rings. The van der Waals surface area contributed by atoms with Crippen LogP contribution in [0.25, 0.3) is 0 Å². The lowest BCUT2D eigenvalue weighted by atomic mass is 9.92. The van der Waals surface area contributed by atoms with E-state index in [1.165, 1.54) is 4.90 Å². The van der Waals surface area contributed by atoms with Crippen LogP contribution in [0, 0.1) is 11.8 Å². The van der Waals surface area contributed by atoms with Crippen molar-refractivity contribution in [2.75, 3.05) is 13.2 Å². The highest BCUT2D eigenvalue weighted by Gasteiger charge is 2.43. The molecular formula is C23H37NO5Si. The van der Waals surface area contributed by atoms with E-state index in [-0.39, 0.29) is 23.6 Å². The van der Waals surface area contributed by atoms with Gasteiger partial charge in [0.15, 0.2) is 8.32 Å². The Balaban J connectivity index is 2.02. The molecule has 0 spiro atoms. The summed E-state index contributed by atoms with van der Waals surface area (Å²) >= 11 is 0. The van der Waals surface area contributed by atoms with Gasteiger partial charge in [0.2, 0.25) is 5.91 Å². The maximum Gasteiger partial charge on any atom is 0.416 e. The molecule has 168 valence electrons. The van der Waals surface area contributed by atoms with Crippen molar-refractivity contribution in [2.24, 2.45) is 11.8 Å². The molecule has 0 radical (unpaired) electrons. The first-order chi connectivity index (χ1) is 13.8. The molecule has 0 aromatic heterocycles. The molecule has 1 aromatic carbocycles. The molecule has 1 saturated heterocycles. The SMILES string of the molecule is C[C@@H](CO[Si](C)(C)C(C)(C)C)[C@@H](O)[C@@H](C)C(=O)N1C(=O)OC[C@H]1Cc1ccccc1. The Morgan fingerprint density at radius 1 is 1.27 bits per heavy atom. The van der Waals surface area contributed by atoms with E-state index in [1.807, 2.05) is 37.3 Å². The topological polar surface area (TPSA) is 76.1 Å². The molecule has 6 nitrogen and oxygen atoms in total. The highest BCUT2D eigenvalue weighted by molar-refractivity contribution is 6.74. The van der Waals surface area contributed by atoms with Crippen molar-refractivity contribution in [3.05, 3.63) is 35.9 Å². The molecule has 7 heteroatoms. The lowest BCUT2D eigenvalue weighted by molar-refractivity contribution is -0.137. The zero-order chi connectivity index (χ0) is 22.7. The van der Waals surface area contributed by atoms with Gasteiger partial charge in [0.1, 0.15) is 6.61 Å². The lowest BCUT2D eigenvalue weighted by Crippen LogP contribution is -2.48. The number of benzene rings is 1. The summed E-state index contributed by atoms with van der Waals surface area (Å²) in [6.07, 6.45) is -1.01. The van der Waals surface area contributed by atoms with Crippen LogP contribution in [0.1, 0.15) is 40.2 Å². The first-order valence-corrected chi connectivity index (χ1v) is 13.6. The smallest absolute Gasteiger partial charge is 0.416 e. The van der Waals surface area contributed by atoms with Crippen LogP contribution in [0.5, 0.6) is 0 Å². The van der Waals surface area contributed by atoms with Crippen LogP contribution >= 0.6 is 0 Å². The number of carbonyl (C=O) groups is 2. The lowest BCUT2D eigenvalue weighted by Gasteiger charge is -2.38. The molecule has 1 aliphatic heterocycles. The second-order valence-electron chi connectivity index (χ2n) is 9.96. The van der Waals surface area contributed by atoms with Crippen molar-refractivity contribution in [3.8, 4) is 0 Å². The van der Waals surface area contributed by atoms with Crippen LogP contribution in [-0.2, 0) is 20.4 Å². The van der Waals surface area contributed by atoms with E-state index in [2.05, 4.69) is 33.9 Å². The van der Waals surface area contributed by atoms with Gasteiger partial charge in [-0.15, -0.1) is 0 Å². The Hall–Kier alpha value is -1.70. The number of nitrogens with zero attached hydrogens (tertiary/aromatic N) is 1. The van der Waals surface area contributed by atoms with Crippen LogP contribution in [0.15, 0.2) is 30.3 Å². The Morgan fingerprint density at radius 3 is 2.43 bits per heavy atom. The number of cyclic esters (lactones) is 1. The van der Waals surface area contributed by atoms with Crippen LogP contribution in [0.4, 0.5) is 4.79 Å². The fourth-order valence-electron chi connectivity index (χ4n) is 3.28. The van der Waals surface area contributed by atoms with E-state index in [0.29, 0.717) is 13.0 Å². The zero-order valence-corrected chi connectivity index (χ0v) is 20.3. The number of aliphatic hydroxyl groups excluding tert-OH is 1. The summed E-state index contributed by atoms with van der Waals surface area (Å²) in [5.74, 6) is -1.36. The normalized spacial score (nSPS) is 20.6. The van der Waals surface area contributed by atoms with Gasteiger partial charge in [0.25, 0.3) is 0 Å². The number of carbonyl (C=O) groups excluding carboxylic acids is 2. The van der Waals surface area contributed by atoms with E-state index in [4.69, 9.17) is 9.16 Å². The Bertz CT molecular complexity index is 731. The Kier molecular flexibility index (Phi) is 7.88. The zero-order valence-electron chi connectivity index (χ0n) is 19.3. The molecular weight excluding hydrogens is 398 g/mol. The average Bonchev–Trinajstić information content (AvgIpc) is 3.04. The van der Waals surface area contributed by atoms with Gasteiger partial charge in [0.05, 0.1) is 18.1 Å². The molecule has 2 amide bonds. The van der Waals surface area contributed by atoms with Crippen LogP contribution in [-0.4, -0.2) is 55.7 Å². The van der Waals surface area contributed by atoms with E-state index in [1.54, 1.807) is 6.92 Å². The van der Waals surface area contributed by atoms with Crippen LogP contribution < -0.4 is 0 Å². The first-order valence-electron chi connectivity index (χ1n) is 10.7.